The number of rotatable bonds is 4. The first-order chi connectivity index (χ1) is 13.2. The number of hydrogen-bond donors (Lipinski definition) is 2. The van der Waals surface area contributed by atoms with Crippen LogP contribution >= 0.6 is 0 Å². The second-order valence-electron chi connectivity index (χ2n) is 6.47. The molecule has 27 heavy (non-hydrogen) atoms. The lowest BCUT2D eigenvalue weighted by Gasteiger charge is -2.30. The summed E-state index contributed by atoms with van der Waals surface area (Å²) in [6, 6.07) is -0.235. The molecule has 0 aromatic rings. The summed E-state index contributed by atoms with van der Waals surface area (Å²) in [6.45, 7) is 6.56. The van der Waals surface area contributed by atoms with Gasteiger partial charge in [-0.1, -0.05) is 0 Å². The molecule has 9 nitrogen and oxygen atoms in total. The van der Waals surface area contributed by atoms with E-state index in [2.05, 4.69) is 15.5 Å². The van der Waals surface area contributed by atoms with E-state index in [0.717, 1.165) is 25.4 Å². The third-order valence-electron chi connectivity index (χ3n) is 4.54. The average molecular weight is 381 g/mol. The minimum Gasteiger partial charge on any atom is -0.497 e. The number of fused-ring (bicyclic) bond motifs is 1. The topological polar surface area (TPSA) is 98.4 Å². The van der Waals surface area contributed by atoms with Gasteiger partial charge in [-0.05, 0) is 12.2 Å². The van der Waals surface area contributed by atoms with E-state index in [1.54, 1.807) is 6.08 Å². The predicted molar refractivity (Wildman–Crippen MR) is 95.7 cm³/mol. The fourth-order valence-electron chi connectivity index (χ4n) is 3.02. The first kappa shape index (κ1) is 19.8. The lowest BCUT2D eigenvalue weighted by Crippen LogP contribution is -2.54. The molecule has 0 spiro atoms. The number of piperazine rings is 1. The molecule has 0 bridgehead atoms. The molecule has 1 aliphatic carbocycles. The fraction of sp³-hybridized carbons (Fsp3) is 0.667. The Kier molecular flexibility index (Phi) is 7.64. The van der Waals surface area contributed by atoms with Gasteiger partial charge in [0, 0.05) is 31.8 Å². The number of amides is 2. The second-order valence-corrected chi connectivity index (χ2v) is 6.47. The van der Waals surface area contributed by atoms with Crippen molar-refractivity contribution in [3.8, 4) is 0 Å². The van der Waals surface area contributed by atoms with E-state index in [9.17, 15) is 9.59 Å². The molecule has 1 atom stereocenters. The van der Waals surface area contributed by atoms with Crippen molar-refractivity contribution in [1.29, 1.82) is 0 Å². The monoisotopic (exact) mass is 381 g/mol. The quantitative estimate of drug-likeness (QED) is 0.613. The van der Waals surface area contributed by atoms with Crippen LogP contribution in [-0.4, -0.2) is 88.6 Å². The Morgan fingerprint density at radius 2 is 1.63 bits per heavy atom. The summed E-state index contributed by atoms with van der Waals surface area (Å²) in [5.41, 5.74) is 0.702. The highest BCUT2D eigenvalue weighted by Gasteiger charge is 2.31. The van der Waals surface area contributed by atoms with Gasteiger partial charge >= 0.3 is 11.8 Å². The Morgan fingerprint density at radius 3 is 2.33 bits per heavy atom. The normalized spacial score (nSPS) is 25.7. The van der Waals surface area contributed by atoms with Gasteiger partial charge < -0.3 is 29.6 Å². The van der Waals surface area contributed by atoms with Crippen LogP contribution < -0.4 is 10.6 Å². The van der Waals surface area contributed by atoms with E-state index in [1.165, 1.54) is 0 Å². The van der Waals surface area contributed by atoms with Gasteiger partial charge in [0.05, 0.1) is 51.4 Å². The van der Waals surface area contributed by atoms with Crippen molar-refractivity contribution in [2.24, 2.45) is 0 Å². The van der Waals surface area contributed by atoms with Gasteiger partial charge in [-0.3, -0.25) is 14.5 Å². The van der Waals surface area contributed by atoms with E-state index in [-0.39, 0.29) is 6.04 Å². The lowest BCUT2D eigenvalue weighted by atomic mass is 10.0. The minimum atomic E-state index is -0.624. The maximum atomic E-state index is 11.5. The number of nitrogens with one attached hydrogen (secondary N) is 2. The fourth-order valence-corrected chi connectivity index (χ4v) is 3.02. The Labute approximate surface area is 158 Å². The molecule has 0 aromatic heterocycles. The van der Waals surface area contributed by atoms with E-state index in [1.807, 2.05) is 6.08 Å². The lowest BCUT2D eigenvalue weighted by molar-refractivity contribution is -0.140. The Bertz CT molecular complexity index is 580. The van der Waals surface area contributed by atoms with Gasteiger partial charge in [0.1, 0.15) is 6.61 Å². The summed E-state index contributed by atoms with van der Waals surface area (Å²) in [6.07, 6.45) is 4.15. The third kappa shape index (κ3) is 6.31. The number of hydrogen-bond acceptors (Lipinski definition) is 7. The molecular formula is C18H27N3O6. The van der Waals surface area contributed by atoms with Crippen molar-refractivity contribution < 1.29 is 28.5 Å². The van der Waals surface area contributed by atoms with Crippen LogP contribution in [0.4, 0.5) is 0 Å². The van der Waals surface area contributed by atoms with Crippen LogP contribution in [0.2, 0.25) is 0 Å². The SMILES string of the molecule is O=C1NC2=CC=C(OCCN3CCOCCOCCOCC3)CC2NC1=O. The summed E-state index contributed by atoms with van der Waals surface area (Å²) in [7, 11) is 0. The predicted octanol–water partition coefficient (Wildman–Crippen LogP) is -0.845. The van der Waals surface area contributed by atoms with Gasteiger partial charge in [0.25, 0.3) is 0 Å². The van der Waals surface area contributed by atoms with Gasteiger partial charge in [0.15, 0.2) is 0 Å². The number of ether oxygens (including phenoxy) is 4. The van der Waals surface area contributed by atoms with Crippen molar-refractivity contribution >= 4 is 11.8 Å². The molecule has 2 N–H and O–H groups in total. The van der Waals surface area contributed by atoms with E-state index < -0.39 is 11.8 Å². The summed E-state index contributed by atoms with van der Waals surface area (Å²) in [5, 5.41) is 5.28. The smallest absolute Gasteiger partial charge is 0.313 e. The molecule has 150 valence electrons. The zero-order valence-electron chi connectivity index (χ0n) is 15.4. The Hall–Kier alpha value is -1.94. The summed E-state index contributed by atoms with van der Waals surface area (Å²) in [4.78, 5) is 25.1. The number of allylic oxidation sites excluding steroid dienone is 2. The van der Waals surface area contributed by atoms with Crippen LogP contribution in [0, 0.1) is 0 Å². The minimum absolute atomic E-state index is 0.235. The van der Waals surface area contributed by atoms with Gasteiger partial charge in [-0.2, -0.15) is 0 Å². The van der Waals surface area contributed by atoms with Crippen LogP contribution in [-0.2, 0) is 28.5 Å². The van der Waals surface area contributed by atoms with E-state index >= 15 is 0 Å². The molecule has 0 aromatic carbocycles. The van der Waals surface area contributed by atoms with Crippen molar-refractivity contribution in [3.63, 3.8) is 0 Å². The van der Waals surface area contributed by atoms with Crippen LogP contribution in [0.3, 0.4) is 0 Å². The molecule has 9 heteroatoms. The summed E-state index contributed by atoms with van der Waals surface area (Å²) < 4.78 is 22.4. The largest absolute Gasteiger partial charge is 0.497 e. The Balaban J connectivity index is 1.42. The second kappa shape index (κ2) is 10.4. The van der Waals surface area contributed by atoms with Crippen LogP contribution in [0.25, 0.3) is 0 Å². The van der Waals surface area contributed by atoms with Crippen LogP contribution in [0.1, 0.15) is 6.42 Å². The third-order valence-corrected chi connectivity index (χ3v) is 4.54. The van der Waals surface area contributed by atoms with Crippen molar-refractivity contribution in [2.75, 3.05) is 65.9 Å². The maximum absolute atomic E-state index is 11.5. The standard InChI is InChI=1S/C18H27N3O6/c22-17-18(23)20-16-13-14(1-2-15(16)19-17)27-8-5-21-3-6-24-9-11-26-12-10-25-7-4-21/h1-2,16H,3-13H2,(H,19,22)(H,20,23). The van der Waals surface area contributed by atoms with Crippen molar-refractivity contribution in [1.82, 2.24) is 15.5 Å². The van der Waals surface area contributed by atoms with Crippen LogP contribution in [0.15, 0.2) is 23.6 Å². The molecule has 2 amide bonds. The molecule has 2 fully saturated rings. The molecule has 3 rings (SSSR count). The molecule has 2 saturated heterocycles. The molecule has 0 radical (unpaired) electrons. The number of carbonyl (C=O) groups excluding carboxylic acids is 2. The first-order valence-corrected chi connectivity index (χ1v) is 9.33. The van der Waals surface area contributed by atoms with Crippen molar-refractivity contribution in [2.45, 2.75) is 12.5 Å². The van der Waals surface area contributed by atoms with E-state index in [4.69, 9.17) is 18.9 Å². The molecule has 2 heterocycles. The number of carbonyl (C=O) groups is 2. The highest BCUT2D eigenvalue weighted by Crippen LogP contribution is 2.20. The number of nitrogens with zero attached hydrogens (tertiary/aromatic N) is 1. The van der Waals surface area contributed by atoms with Gasteiger partial charge in [-0.15, -0.1) is 0 Å². The van der Waals surface area contributed by atoms with E-state index in [0.29, 0.717) is 58.4 Å². The zero-order valence-corrected chi connectivity index (χ0v) is 15.4. The highest BCUT2D eigenvalue weighted by atomic mass is 16.5. The average Bonchev–Trinajstić information content (AvgIpc) is 2.65. The van der Waals surface area contributed by atoms with Crippen LogP contribution in [0.5, 0.6) is 0 Å². The molecule has 2 aliphatic heterocycles. The van der Waals surface area contributed by atoms with Crippen molar-refractivity contribution in [3.05, 3.63) is 23.6 Å². The first-order valence-electron chi connectivity index (χ1n) is 9.33. The molecule has 0 saturated carbocycles. The summed E-state index contributed by atoms with van der Waals surface area (Å²) in [5.74, 6) is -0.441. The molecular weight excluding hydrogens is 354 g/mol. The molecule has 3 aliphatic rings. The summed E-state index contributed by atoms with van der Waals surface area (Å²) >= 11 is 0. The Morgan fingerprint density at radius 1 is 0.963 bits per heavy atom. The maximum Gasteiger partial charge on any atom is 0.313 e. The molecule has 1 unspecified atom stereocenters. The van der Waals surface area contributed by atoms with Gasteiger partial charge in [-0.25, -0.2) is 0 Å². The van der Waals surface area contributed by atoms with Gasteiger partial charge in [0.2, 0.25) is 0 Å². The highest BCUT2D eigenvalue weighted by molar-refractivity contribution is 6.36. The zero-order chi connectivity index (χ0) is 18.9.